The molecule has 0 radical (unpaired) electrons. The van der Waals surface area contributed by atoms with Gasteiger partial charge in [-0.15, -0.1) is 0 Å². The number of aromatic amines is 2. The van der Waals surface area contributed by atoms with Gasteiger partial charge in [0, 0.05) is 35.6 Å². The summed E-state index contributed by atoms with van der Waals surface area (Å²) in [7, 11) is 0. The van der Waals surface area contributed by atoms with Gasteiger partial charge in [0.25, 0.3) is 0 Å². The molecule has 1 atom stereocenters. The van der Waals surface area contributed by atoms with Crippen LogP contribution in [0.1, 0.15) is 12.8 Å². The van der Waals surface area contributed by atoms with Gasteiger partial charge in [-0.25, -0.2) is 9.37 Å². The number of hydrogen-bond donors (Lipinski definition) is 4. The van der Waals surface area contributed by atoms with Crippen LogP contribution >= 0.6 is 0 Å². The number of nitrogens with zero attached hydrogens (tertiary/aromatic N) is 6. The SMILES string of the molecule is OC(Nc1cncc(-c2ncc3[nH]nc(-c4nc5c(-c6ccccn6)cncc5[nH]4)c3c2F)c1)C1CC1. The highest BCUT2D eigenvalue weighted by atomic mass is 19.1. The van der Waals surface area contributed by atoms with Gasteiger partial charge in [0.2, 0.25) is 0 Å². The maximum absolute atomic E-state index is 16.0. The lowest BCUT2D eigenvalue weighted by molar-refractivity contribution is 0.180. The van der Waals surface area contributed by atoms with E-state index >= 15 is 4.39 Å². The molecule has 1 saturated carbocycles. The predicted molar refractivity (Wildman–Crippen MR) is 136 cm³/mol. The van der Waals surface area contributed by atoms with Crippen molar-refractivity contribution in [3.8, 4) is 34.0 Å². The molecule has 11 heteroatoms. The molecule has 37 heavy (non-hydrogen) atoms. The Morgan fingerprint density at radius 2 is 1.89 bits per heavy atom. The molecule has 0 saturated heterocycles. The van der Waals surface area contributed by atoms with Crippen molar-refractivity contribution in [1.29, 1.82) is 0 Å². The number of rotatable bonds is 6. The van der Waals surface area contributed by atoms with Crippen LogP contribution < -0.4 is 5.32 Å². The van der Waals surface area contributed by atoms with Gasteiger partial charge in [0.05, 0.1) is 46.4 Å². The molecule has 1 unspecified atom stereocenters. The lowest BCUT2D eigenvalue weighted by Gasteiger charge is -2.13. The smallest absolute Gasteiger partial charge is 0.161 e. The number of imidazole rings is 1. The van der Waals surface area contributed by atoms with E-state index in [2.05, 4.69) is 40.4 Å². The number of anilines is 1. The minimum absolute atomic E-state index is 0.124. The number of H-pyrrole nitrogens is 2. The highest BCUT2D eigenvalue weighted by Crippen LogP contribution is 2.35. The molecule has 6 aromatic rings. The second-order valence-corrected chi connectivity index (χ2v) is 9.05. The largest absolute Gasteiger partial charge is 0.374 e. The minimum atomic E-state index is -0.656. The van der Waals surface area contributed by atoms with E-state index in [9.17, 15) is 5.11 Å². The van der Waals surface area contributed by atoms with E-state index in [4.69, 9.17) is 4.98 Å². The van der Waals surface area contributed by atoms with Crippen LogP contribution in [0.3, 0.4) is 0 Å². The highest BCUT2D eigenvalue weighted by Gasteiger charge is 2.30. The van der Waals surface area contributed by atoms with Crippen LogP contribution in [-0.4, -0.2) is 51.4 Å². The first-order valence-corrected chi connectivity index (χ1v) is 11.8. The van der Waals surface area contributed by atoms with Crippen LogP contribution in [0.15, 0.2) is 61.4 Å². The van der Waals surface area contributed by atoms with Crippen molar-refractivity contribution in [2.45, 2.75) is 19.1 Å². The second kappa shape index (κ2) is 8.42. The van der Waals surface area contributed by atoms with Gasteiger partial charge in [-0.05, 0) is 31.0 Å². The molecule has 6 heterocycles. The summed E-state index contributed by atoms with van der Waals surface area (Å²) in [5.41, 5.74) is 4.79. The van der Waals surface area contributed by atoms with Gasteiger partial charge in [0.15, 0.2) is 11.6 Å². The molecule has 0 amide bonds. The van der Waals surface area contributed by atoms with Crippen LogP contribution in [0.5, 0.6) is 0 Å². The Bertz CT molecular complexity index is 1760. The molecule has 6 aromatic heterocycles. The lowest BCUT2D eigenvalue weighted by Crippen LogP contribution is -2.20. The fraction of sp³-hybridized carbons (Fsp3) is 0.154. The first-order valence-electron chi connectivity index (χ1n) is 11.8. The zero-order valence-corrected chi connectivity index (χ0v) is 19.4. The van der Waals surface area contributed by atoms with Gasteiger partial charge in [-0.3, -0.25) is 25.0 Å². The number of halogens is 1. The van der Waals surface area contributed by atoms with E-state index in [1.54, 1.807) is 30.9 Å². The molecule has 0 aromatic carbocycles. The maximum Gasteiger partial charge on any atom is 0.161 e. The molecule has 1 aliphatic rings. The van der Waals surface area contributed by atoms with E-state index in [-0.39, 0.29) is 17.0 Å². The normalized spacial score (nSPS) is 14.3. The molecular weight excluding hydrogens is 473 g/mol. The third kappa shape index (κ3) is 3.76. The quantitative estimate of drug-likeness (QED) is 0.252. The number of aliphatic hydroxyl groups is 1. The van der Waals surface area contributed by atoms with Crippen LogP contribution in [-0.2, 0) is 0 Å². The molecule has 0 bridgehead atoms. The summed E-state index contributed by atoms with van der Waals surface area (Å²) in [5, 5.41) is 20.7. The van der Waals surface area contributed by atoms with E-state index in [0.717, 1.165) is 24.1 Å². The average Bonchev–Trinajstić information content (AvgIpc) is 3.54. The number of aromatic nitrogens is 8. The van der Waals surface area contributed by atoms with Gasteiger partial charge in [-0.1, -0.05) is 6.07 Å². The Balaban J connectivity index is 1.32. The topological polar surface area (TPSA) is 141 Å². The van der Waals surface area contributed by atoms with Crippen molar-refractivity contribution >= 4 is 27.6 Å². The lowest BCUT2D eigenvalue weighted by atomic mass is 10.1. The fourth-order valence-electron chi connectivity index (χ4n) is 4.45. The number of nitrogens with one attached hydrogen (secondary N) is 3. The Morgan fingerprint density at radius 1 is 1.00 bits per heavy atom. The molecule has 0 aliphatic heterocycles. The van der Waals surface area contributed by atoms with Gasteiger partial charge >= 0.3 is 0 Å². The van der Waals surface area contributed by atoms with E-state index < -0.39 is 12.0 Å². The first-order chi connectivity index (χ1) is 18.2. The summed E-state index contributed by atoms with van der Waals surface area (Å²) in [6.45, 7) is 0. The molecule has 10 nitrogen and oxygen atoms in total. The van der Waals surface area contributed by atoms with Crippen LogP contribution in [0, 0.1) is 11.7 Å². The van der Waals surface area contributed by atoms with Crippen LogP contribution in [0.4, 0.5) is 10.1 Å². The van der Waals surface area contributed by atoms with E-state index in [1.165, 1.54) is 12.4 Å². The summed E-state index contributed by atoms with van der Waals surface area (Å²) in [6.07, 6.45) is 11.1. The molecular formula is C26H20FN9O. The van der Waals surface area contributed by atoms with E-state index in [1.807, 2.05) is 18.2 Å². The van der Waals surface area contributed by atoms with Gasteiger partial charge in [0.1, 0.15) is 23.1 Å². The Labute approximate surface area is 209 Å². The molecule has 182 valence electrons. The molecule has 1 fully saturated rings. The average molecular weight is 494 g/mol. The van der Waals surface area contributed by atoms with Crippen molar-refractivity contribution in [2.75, 3.05) is 5.32 Å². The molecule has 0 spiro atoms. The summed E-state index contributed by atoms with van der Waals surface area (Å²) in [4.78, 5) is 25.2. The van der Waals surface area contributed by atoms with Crippen molar-refractivity contribution in [1.82, 2.24) is 40.1 Å². The van der Waals surface area contributed by atoms with Gasteiger partial charge < -0.3 is 15.4 Å². The number of fused-ring (bicyclic) bond motifs is 2. The zero-order chi connectivity index (χ0) is 24.9. The Morgan fingerprint density at radius 3 is 2.73 bits per heavy atom. The van der Waals surface area contributed by atoms with Crippen LogP contribution in [0.2, 0.25) is 0 Å². The third-order valence-electron chi connectivity index (χ3n) is 6.50. The first kappa shape index (κ1) is 21.5. The summed E-state index contributed by atoms with van der Waals surface area (Å²) < 4.78 is 16.0. The molecule has 7 rings (SSSR count). The van der Waals surface area contributed by atoms with Crippen LogP contribution in [0.25, 0.3) is 56.0 Å². The number of hydrogen-bond acceptors (Lipinski definition) is 8. The maximum atomic E-state index is 16.0. The minimum Gasteiger partial charge on any atom is -0.374 e. The van der Waals surface area contributed by atoms with Crippen molar-refractivity contribution in [3.63, 3.8) is 0 Å². The zero-order valence-electron chi connectivity index (χ0n) is 19.4. The van der Waals surface area contributed by atoms with Crippen molar-refractivity contribution < 1.29 is 9.50 Å². The highest BCUT2D eigenvalue weighted by molar-refractivity contribution is 5.97. The molecule has 4 N–H and O–H groups in total. The van der Waals surface area contributed by atoms with E-state index in [0.29, 0.717) is 39.3 Å². The summed E-state index contributed by atoms with van der Waals surface area (Å²) >= 11 is 0. The Hall–Kier alpha value is -4.77. The monoisotopic (exact) mass is 493 g/mol. The van der Waals surface area contributed by atoms with Crippen molar-refractivity contribution in [2.24, 2.45) is 5.92 Å². The predicted octanol–water partition coefficient (Wildman–Crippen LogP) is 4.30. The number of pyridine rings is 4. The summed E-state index contributed by atoms with van der Waals surface area (Å²) in [5.74, 6) is 0.0793. The Kier molecular flexibility index (Phi) is 4.89. The van der Waals surface area contributed by atoms with Crippen molar-refractivity contribution in [3.05, 3.63) is 67.3 Å². The summed E-state index contributed by atoms with van der Waals surface area (Å²) in [6, 6.07) is 7.34. The molecule has 1 aliphatic carbocycles. The van der Waals surface area contributed by atoms with Gasteiger partial charge in [-0.2, -0.15) is 5.10 Å². The fourth-order valence-corrected chi connectivity index (χ4v) is 4.45. The third-order valence-corrected chi connectivity index (χ3v) is 6.50. The standard InChI is InChI=1S/C26H20FN9O/c27-21-20-18(12-31-22(21)14-7-15(9-28-8-14)32-26(37)13-4-5-13)35-36-24(20)25-33-19-11-29-10-16(23(19)34-25)17-3-1-2-6-30-17/h1-3,6-13,26,32,37H,4-5H2,(H,33,34)(H,35,36). The number of aliphatic hydroxyl groups excluding tert-OH is 1. The second-order valence-electron chi connectivity index (χ2n) is 9.05.